The van der Waals surface area contributed by atoms with E-state index in [2.05, 4.69) is 10.1 Å². The Morgan fingerprint density at radius 3 is 2.48 bits per heavy atom. The van der Waals surface area contributed by atoms with E-state index in [1.54, 1.807) is 24.3 Å². The van der Waals surface area contributed by atoms with E-state index >= 15 is 0 Å². The molecule has 0 radical (unpaired) electrons. The predicted octanol–water partition coefficient (Wildman–Crippen LogP) is 0.621. The number of carbonyl (C=O) groups is 2. The summed E-state index contributed by atoms with van der Waals surface area (Å²) < 4.78 is 5.85. The molecule has 0 spiro atoms. The lowest BCUT2D eigenvalue weighted by Crippen LogP contribution is -2.19. The Balaban J connectivity index is 2.17. The molecule has 1 amide bonds. The Morgan fingerprint density at radius 2 is 1.93 bits per heavy atom. The number of amides is 1. The third-order valence-electron chi connectivity index (χ3n) is 4.12. The molecule has 3 rings (SSSR count). The molecule has 0 saturated carbocycles. The maximum Gasteiger partial charge on any atom is 0.299 e. The smallest absolute Gasteiger partial charge is 0.299 e. The van der Waals surface area contributed by atoms with Crippen molar-refractivity contribution in [2.45, 2.75) is 0 Å². The van der Waals surface area contributed by atoms with Gasteiger partial charge < -0.3 is 9.64 Å². The van der Waals surface area contributed by atoms with Gasteiger partial charge in [-0.25, -0.2) is 4.99 Å². The first-order chi connectivity index (χ1) is 12.9. The van der Waals surface area contributed by atoms with E-state index in [1.807, 2.05) is 25.1 Å². The molecule has 27 heavy (non-hydrogen) atoms. The number of allylic oxidation sites excluding steroid dienone is 1. The van der Waals surface area contributed by atoms with Crippen molar-refractivity contribution < 1.29 is 14.3 Å². The fourth-order valence-corrected chi connectivity index (χ4v) is 2.79. The zero-order chi connectivity index (χ0) is 19.7. The van der Waals surface area contributed by atoms with Gasteiger partial charge in [-0.2, -0.15) is 5.26 Å². The number of H-pyrrole nitrogens is 1. The van der Waals surface area contributed by atoms with Crippen LogP contribution in [0, 0.1) is 11.3 Å². The van der Waals surface area contributed by atoms with Crippen LogP contribution in [0.25, 0.3) is 5.57 Å². The number of nitrogens with zero attached hydrogens (tertiary/aromatic N) is 4. The number of benzene rings is 1. The van der Waals surface area contributed by atoms with Crippen LogP contribution in [0.4, 0.5) is 5.69 Å². The molecular weight excluding hydrogens is 350 g/mol. The minimum atomic E-state index is -0.639. The minimum absolute atomic E-state index is 0.0509. The molecule has 1 aromatic carbocycles. The number of nitrogens with one attached hydrogen (secondary N) is 1. The van der Waals surface area contributed by atoms with Crippen molar-refractivity contribution in [3.63, 3.8) is 0 Å². The number of hydrogen-bond acceptors (Lipinski definition) is 6. The fraction of sp³-hybridized carbons (Fsp3) is 0.167. The van der Waals surface area contributed by atoms with Crippen LogP contribution < -0.4 is 15.2 Å². The summed E-state index contributed by atoms with van der Waals surface area (Å²) in [5.74, 6) is -0.819. The normalized spacial score (nSPS) is 13.4. The first-order valence-corrected chi connectivity index (χ1v) is 7.84. The van der Waals surface area contributed by atoms with Crippen LogP contribution in [0.2, 0.25) is 0 Å². The molecule has 1 aliphatic rings. The average Bonchev–Trinajstić information content (AvgIpc) is 3.11. The summed E-state index contributed by atoms with van der Waals surface area (Å²) in [6, 6.07) is 8.96. The highest BCUT2D eigenvalue weighted by Gasteiger charge is 2.33. The highest BCUT2D eigenvalue weighted by atomic mass is 16.5. The van der Waals surface area contributed by atoms with E-state index in [9.17, 15) is 19.6 Å². The largest absolute Gasteiger partial charge is 0.409 e. The topological polar surface area (TPSA) is 121 Å². The third-order valence-corrected chi connectivity index (χ3v) is 4.12. The second-order valence-electron chi connectivity index (χ2n) is 5.96. The van der Waals surface area contributed by atoms with E-state index in [1.165, 1.54) is 7.05 Å². The molecule has 9 nitrogen and oxygen atoms in total. The number of ether oxygens (including phenoxy) is 1. The molecule has 2 aromatic rings. The Bertz CT molecular complexity index is 1090. The monoisotopic (exact) mass is 365 g/mol. The summed E-state index contributed by atoms with van der Waals surface area (Å²) in [6.07, 6.45) is 0. The molecule has 0 aliphatic carbocycles. The van der Waals surface area contributed by atoms with Crippen molar-refractivity contribution in [3.8, 4) is 11.9 Å². The van der Waals surface area contributed by atoms with Crippen molar-refractivity contribution >= 4 is 29.4 Å². The van der Waals surface area contributed by atoms with Gasteiger partial charge >= 0.3 is 0 Å². The number of nitriles is 1. The second-order valence-corrected chi connectivity index (χ2v) is 5.96. The summed E-state index contributed by atoms with van der Waals surface area (Å²) in [7, 11) is 5.18. The standard InChI is InChI=1S/C18H15N5O4/c1-22(2)11-6-4-10(5-7-11)13-12(8-19)15(20-16(13)25)14-17(27-9-24)21-23(3)18(14)26/h4-7,9,21H,1-3H3. The molecule has 0 unspecified atom stereocenters. The van der Waals surface area contributed by atoms with E-state index in [4.69, 9.17) is 4.74 Å². The summed E-state index contributed by atoms with van der Waals surface area (Å²) in [4.78, 5) is 41.4. The van der Waals surface area contributed by atoms with Crippen LogP contribution >= 0.6 is 0 Å². The number of aryl methyl sites for hydroxylation is 1. The van der Waals surface area contributed by atoms with Gasteiger partial charge in [0.15, 0.2) is 0 Å². The molecule has 2 heterocycles. The Labute approximate surface area is 153 Å². The SMILES string of the molecule is CN(C)c1ccc(C2=C(C#N)C(c3c(OC=O)[nH]n(C)c3=O)=NC2=O)cc1. The van der Waals surface area contributed by atoms with Gasteiger partial charge in [-0.3, -0.25) is 24.2 Å². The van der Waals surface area contributed by atoms with Gasteiger partial charge in [0.05, 0.1) is 11.1 Å². The van der Waals surface area contributed by atoms with Crippen LogP contribution in [-0.4, -0.2) is 42.0 Å². The van der Waals surface area contributed by atoms with E-state index in [-0.39, 0.29) is 34.8 Å². The number of aromatic nitrogens is 2. The molecule has 1 aliphatic heterocycles. The number of anilines is 1. The second kappa shape index (κ2) is 6.76. The molecule has 1 N–H and O–H groups in total. The Morgan fingerprint density at radius 1 is 1.26 bits per heavy atom. The van der Waals surface area contributed by atoms with Gasteiger partial charge in [0.25, 0.3) is 17.9 Å². The van der Waals surface area contributed by atoms with Crippen molar-refractivity contribution in [3.05, 3.63) is 51.3 Å². The van der Waals surface area contributed by atoms with Gasteiger partial charge in [-0.15, -0.1) is 0 Å². The van der Waals surface area contributed by atoms with Crippen molar-refractivity contribution in [2.24, 2.45) is 12.0 Å². The molecule has 1 aromatic heterocycles. The van der Waals surface area contributed by atoms with E-state index < -0.39 is 11.5 Å². The van der Waals surface area contributed by atoms with Gasteiger partial charge in [0.1, 0.15) is 17.3 Å². The zero-order valence-electron chi connectivity index (χ0n) is 14.8. The number of rotatable bonds is 5. The van der Waals surface area contributed by atoms with Crippen LogP contribution in [0.15, 0.2) is 39.6 Å². The van der Waals surface area contributed by atoms with Crippen LogP contribution in [-0.2, 0) is 16.6 Å². The van der Waals surface area contributed by atoms with Gasteiger partial charge in [0.2, 0.25) is 5.88 Å². The maximum absolute atomic E-state index is 12.5. The minimum Gasteiger partial charge on any atom is -0.409 e. The molecule has 136 valence electrons. The average molecular weight is 365 g/mol. The lowest BCUT2D eigenvalue weighted by atomic mass is 9.97. The number of hydrogen-bond donors (Lipinski definition) is 1. The fourth-order valence-electron chi connectivity index (χ4n) is 2.79. The Kier molecular flexibility index (Phi) is 4.48. The van der Waals surface area contributed by atoms with Crippen LogP contribution in [0.5, 0.6) is 5.88 Å². The lowest BCUT2D eigenvalue weighted by Gasteiger charge is -2.12. The summed E-state index contributed by atoms with van der Waals surface area (Å²) in [6.45, 7) is 0.142. The number of carbonyl (C=O) groups excluding carboxylic acids is 2. The summed E-state index contributed by atoms with van der Waals surface area (Å²) >= 11 is 0. The van der Waals surface area contributed by atoms with Gasteiger partial charge in [-0.05, 0) is 17.7 Å². The molecule has 0 bridgehead atoms. The first kappa shape index (κ1) is 17.9. The maximum atomic E-state index is 12.5. The van der Waals surface area contributed by atoms with Crippen LogP contribution in [0.3, 0.4) is 0 Å². The molecule has 0 fully saturated rings. The molecule has 0 atom stereocenters. The van der Waals surface area contributed by atoms with Crippen molar-refractivity contribution in [1.82, 2.24) is 9.78 Å². The van der Waals surface area contributed by atoms with Gasteiger partial charge in [0, 0.05) is 26.8 Å². The molecule has 9 heteroatoms. The Hall–Kier alpha value is -3.93. The molecule has 0 saturated heterocycles. The number of aliphatic imine (C=N–C) groups is 1. The van der Waals surface area contributed by atoms with Gasteiger partial charge in [-0.1, -0.05) is 12.1 Å². The van der Waals surface area contributed by atoms with E-state index in [0.717, 1.165) is 10.4 Å². The molecular formula is C18H15N5O4. The third kappa shape index (κ3) is 2.93. The summed E-state index contributed by atoms with van der Waals surface area (Å²) in [5, 5.41) is 12.2. The van der Waals surface area contributed by atoms with Crippen molar-refractivity contribution in [2.75, 3.05) is 19.0 Å². The zero-order valence-corrected chi connectivity index (χ0v) is 14.8. The highest BCUT2D eigenvalue weighted by molar-refractivity contribution is 6.40. The quantitative estimate of drug-likeness (QED) is 0.776. The number of aromatic amines is 1. The highest BCUT2D eigenvalue weighted by Crippen LogP contribution is 2.31. The van der Waals surface area contributed by atoms with Crippen molar-refractivity contribution in [1.29, 1.82) is 5.26 Å². The van der Waals surface area contributed by atoms with Crippen LogP contribution in [0.1, 0.15) is 11.1 Å². The lowest BCUT2D eigenvalue weighted by molar-refractivity contribution is -0.121. The predicted molar refractivity (Wildman–Crippen MR) is 97.6 cm³/mol. The van der Waals surface area contributed by atoms with E-state index in [0.29, 0.717) is 5.56 Å². The summed E-state index contributed by atoms with van der Waals surface area (Å²) in [5.41, 5.74) is 0.637. The first-order valence-electron chi connectivity index (χ1n) is 7.84.